The van der Waals surface area contributed by atoms with Crippen molar-refractivity contribution in [2.24, 2.45) is 0 Å². The highest BCUT2D eigenvalue weighted by molar-refractivity contribution is 6.46. The highest BCUT2D eigenvalue weighted by atomic mass is 16.5. The summed E-state index contributed by atoms with van der Waals surface area (Å²) in [7, 11) is 1.55. The van der Waals surface area contributed by atoms with E-state index in [2.05, 4.69) is 18.7 Å². The minimum absolute atomic E-state index is 0.0480. The molecule has 1 amide bonds. The van der Waals surface area contributed by atoms with Crippen LogP contribution in [-0.4, -0.2) is 66.5 Å². The number of amides is 1. The Hall–Kier alpha value is -4.30. The van der Waals surface area contributed by atoms with Crippen molar-refractivity contribution in [3.8, 4) is 17.2 Å². The molecule has 0 spiro atoms. The van der Waals surface area contributed by atoms with Crippen molar-refractivity contribution >= 4 is 17.4 Å². The van der Waals surface area contributed by atoms with Crippen molar-refractivity contribution in [1.82, 2.24) is 9.80 Å². The van der Waals surface area contributed by atoms with Crippen molar-refractivity contribution in [3.63, 3.8) is 0 Å². The summed E-state index contributed by atoms with van der Waals surface area (Å²) in [5.74, 6) is 0.116. The van der Waals surface area contributed by atoms with Gasteiger partial charge in [-0.05, 0) is 74.0 Å². The van der Waals surface area contributed by atoms with Crippen LogP contribution in [0.5, 0.6) is 17.2 Å². The lowest BCUT2D eigenvalue weighted by Crippen LogP contribution is -2.38. The molecule has 0 unspecified atom stereocenters. The number of nitrogens with zero attached hydrogens (tertiary/aromatic N) is 2. The van der Waals surface area contributed by atoms with Crippen LogP contribution in [0.2, 0.25) is 0 Å². The fourth-order valence-corrected chi connectivity index (χ4v) is 5.25. The van der Waals surface area contributed by atoms with Crippen LogP contribution in [0.15, 0.2) is 72.3 Å². The van der Waals surface area contributed by atoms with E-state index >= 15 is 0 Å². The number of hydrogen-bond acceptors (Lipinski definition) is 7. The molecule has 1 saturated heterocycles. The lowest BCUT2D eigenvalue weighted by atomic mass is 9.93. The van der Waals surface area contributed by atoms with Crippen molar-refractivity contribution in [2.45, 2.75) is 40.3 Å². The highest BCUT2D eigenvalue weighted by Gasteiger charge is 2.46. The number of hydrogen-bond donors (Lipinski definition) is 1. The molecule has 1 atom stereocenters. The number of rotatable bonds is 13. The van der Waals surface area contributed by atoms with Gasteiger partial charge in [0.15, 0.2) is 11.5 Å². The number of ketones is 1. The van der Waals surface area contributed by atoms with Crippen molar-refractivity contribution in [3.05, 3.63) is 94.6 Å². The summed E-state index contributed by atoms with van der Waals surface area (Å²) in [5, 5.41) is 11.6. The summed E-state index contributed by atoms with van der Waals surface area (Å²) < 4.78 is 17.2. The topological polar surface area (TPSA) is 88.5 Å². The van der Waals surface area contributed by atoms with E-state index in [1.54, 1.807) is 36.3 Å². The van der Waals surface area contributed by atoms with Crippen LogP contribution >= 0.6 is 0 Å². The Bertz CT molecular complexity index is 1430. The molecule has 3 aromatic carbocycles. The molecule has 42 heavy (non-hydrogen) atoms. The summed E-state index contributed by atoms with van der Waals surface area (Å²) in [6, 6.07) is 19.7. The van der Waals surface area contributed by atoms with Gasteiger partial charge in [0.2, 0.25) is 0 Å². The molecule has 1 aliphatic heterocycles. The van der Waals surface area contributed by atoms with E-state index < -0.39 is 17.7 Å². The van der Waals surface area contributed by atoms with Crippen LogP contribution in [0.3, 0.4) is 0 Å². The number of ether oxygens (including phenoxy) is 3. The first-order valence-electron chi connectivity index (χ1n) is 14.4. The highest BCUT2D eigenvalue weighted by Crippen LogP contribution is 2.42. The standard InChI is InChI=1S/C34H40N2O6/c1-6-35(7-2)18-19-36-31(25-14-17-28(41-8-3)29(21-25)40-5)30(33(38)34(36)39)32(37)27-16-15-26(20-23(27)4)42-22-24-12-10-9-11-13-24/h9-17,20-21,31,37H,6-8,18-19,22H2,1-5H3/t31-/m1/s1. The number of likely N-dealkylation sites (tertiary alicyclic amines) is 1. The molecule has 4 rings (SSSR count). The summed E-state index contributed by atoms with van der Waals surface area (Å²) in [4.78, 5) is 30.7. The second-order valence-electron chi connectivity index (χ2n) is 10.1. The number of carbonyl (C=O) groups is 2. The van der Waals surface area contributed by atoms with Crippen LogP contribution in [0.25, 0.3) is 5.76 Å². The molecule has 1 aliphatic rings. The first-order valence-corrected chi connectivity index (χ1v) is 14.4. The van der Waals surface area contributed by atoms with E-state index in [9.17, 15) is 14.7 Å². The maximum Gasteiger partial charge on any atom is 0.295 e. The molecule has 0 bridgehead atoms. The number of carbonyl (C=O) groups excluding carboxylic acids is 2. The summed E-state index contributed by atoms with van der Waals surface area (Å²) in [5.41, 5.74) is 2.92. The van der Waals surface area contributed by atoms with Crippen LogP contribution < -0.4 is 14.2 Å². The maximum absolute atomic E-state index is 13.6. The fourth-order valence-electron chi connectivity index (χ4n) is 5.25. The Labute approximate surface area is 248 Å². The second-order valence-corrected chi connectivity index (χ2v) is 10.1. The van der Waals surface area contributed by atoms with E-state index in [1.807, 2.05) is 56.3 Å². The van der Waals surface area contributed by atoms with Gasteiger partial charge in [-0.15, -0.1) is 0 Å². The Kier molecular flexibility index (Phi) is 10.3. The zero-order valence-electron chi connectivity index (χ0n) is 25.1. The number of aliphatic hydroxyl groups excluding tert-OH is 1. The third-order valence-electron chi connectivity index (χ3n) is 7.60. The number of Topliss-reactive ketones (excluding diaryl/α,β-unsaturated/α-hetero) is 1. The van der Waals surface area contributed by atoms with E-state index in [1.165, 1.54) is 0 Å². The van der Waals surface area contributed by atoms with Crippen LogP contribution in [0.1, 0.15) is 49.1 Å². The first kappa shape index (κ1) is 30.7. The van der Waals surface area contributed by atoms with Gasteiger partial charge in [0.05, 0.1) is 25.3 Å². The summed E-state index contributed by atoms with van der Waals surface area (Å²) in [6.07, 6.45) is 0. The average Bonchev–Trinajstić information content (AvgIpc) is 3.26. The van der Waals surface area contributed by atoms with Gasteiger partial charge < -0.3 is 29.1 Å². The van der Waals surface area contributed by atoms with Gasteiger partial charge in [-0.2, -0.15) is 0 Å². The fraction of sp³-hybridized carbons (Fsp3) is 0.353. The third-order valence-corrected chi connectivity index (χ3v) is 7.60. The Morgan fingerprint density at radius 3 is 2.31 bits per heavy atom. The predicted molar refractivity (Wildman–Crippen MR) is 163 cm³/mol. The van der Waals surface area contributed by atoms with Gasteiger partial charge in [0, 0.05) is 18.7 Å². The number of methoxy groups -OCH3 is 1. The third kappa shape index (κ3) is 6.60. The second kappa shape index (κ2) is 14.0. The predicted octanol–water partition coefficient (Wildman–Crippen LogP) is 5.74. The van der Waals surface area contributed by atoms with Gasteiger partial charge in [-0.25, -0.2) is 0 Å². The number of aryl methyl sites for hydroxylation is 1. The van der Waals surface area contributed by atoms with Gasteiger partial charge in [-0.1, -0.05) is 50.2 Å². The SMILES string of the molecule is CCOc1ccc([C@@H]2C(=C(O)c3ccc(OCc4ccccc4)cc3C)C(=O)C(=O)N2CCN(CC)CC)cc1OC. The lowest BCUT2D eigenvalue weighted by Gasteiger charge is -2.28. The van der Waals surface area contributed by atoms with Crippen molar-refractivity contribution in [2.75, 3.05) is 39.9 Å². The van der Waals surface area contributed by atoms with Gasteiger partial charge in [0.1, 0.15) is 18.1 Å². The first-order chi connectivity index (χ1) is 20.3. The van der Waals surface area contributed by atoms with Crippen LogP contribution in [0, 0.1) is 6.92 Å². The monoisotopic (exact) mass is 572 g/mol. The van der Waals surface area contributed by atoms with E-state index in [0.29, 0.717) is 54.7 Å². The van der Waals surface area contributed by atoms with Gasteiger partial charge in [-0.3, -0.25) is 9.59 Å². The van der Waals surface area contributed by atoms with Crippen LogP contribution in [-0.2, 0) is 16.2 Å². The molecule has 1 N–H and O–H groups in total. The van der Waals surface area contributed by atoms with Gasteiger partial charge >= 0.3 is 0 Å². The summed E-state index contributed by atoms with van der Waals surface area (Å²) in [6.45, 7) is 11.3. The quantitative estimate of drug-likeness (QED) is 0.159. The van der Waals surface area contributed by atoms with E-state index in [4.69, 9.17) is 14.2 Å². The molecule has 3 aromatic rings. The van der Waals surface area contributed by atoms with E-state index in [-0.39, 0.29) is 11.3 Å². The normalized spacial score (nSPS) is 16.2. The molecule has 0 aromatic heterocycles. The maximum atomic E-state index is 13.6. The number of benzene rings is 3. The Balaban J connectivity index is 1.74. The minimum atomic E-state index is -0.793. The molecule has 1 heterocycles. The smallest absolute Gasteiger partial charge is 0.295 e. The number of aliphatic hydroxyl groups is 1. The van der Waals surface area contributed by atoms with E-state index in [0.717, 1.165) is 24.2 Å². The van der Waals surface area contributed by atoms with Gasteiger partial charge in [0.25, 0.3) is 11.7 Å². The molecular weight excluding hydrogens is 532 g/mol. The van der Waals surface area contributed by atoms with Crippen molar-refractivity contribution < 1.29 is 28.9 Å². The lowest BCUT2D eigenvalue weighted by molar-refractivity contribution is -0.140. The Morgan fingerprint density at radius 2 is 1.67 bits per heavy atom. The Morgan fingerprint density at radius 1 is 0.929 bits per heavy atom. The summed E-state index contributed by atoms with van der Waals surface area (Å²) >= 11 is 0. The number of likely N-dealkylation sites (N-methyl/N-ethyl adjacent to an activating group) is 1. The molecule has 8 heteroatoms. The molecular formula is C34H40N2O6. The van der Waals surface area contributed by atoms with Crippen LogP contribution in [0.4, 0.5) is 0 Å². The zero-order chi connectivity index (χ0) is 30.2. The zero-order valence-corrected chi connectivity index (χ0v) is 25.1. The van der Waals surface area contributed by atoms with Crippen molar-refractivity contribution in [1.29, 1.82) is 0 Å². The molecule has 0 saturated carbocycles. The molecule has 0 aliphatic carbocycles. The molecule has 1 fully saturated rings. The largest absolute Gasteiger partial charge is 0.507 e. The molecule has 8 nitrogen and oxygen atoms in total. The molecule has 222 valence electrons. The average molecular weight is 573 g/mol. The minimum Gasteiger partial charge on any atom is -0.507 e. The molecule has 0 radical (unpaired) electrons.